The lowest BCUT2D eigenvalue weighted by atomic mass is 10.2. The van der Waals surface area contributed by atoms with Crippen molar-refractivity contribution in [2.24, 2.45) is 0 Å². The van der Waals surface area contributed by atoms with Gasteiger partial charge in [-0.1, -0.05) is 30.3 Å². The van der Waals surface area contributed by atoms with Crippen LogP contribution in [-0.2, 0) is 11.2 Å². The third kappa shape index (κ3) is 4.39. The van der Waals surface area contributed by atoms with Crippen molar-refractivity contribution in [2.45, 2.75) is 39.2 Å². The monoisotopic (exact) mass is 342 g/mol. The minimum atomic E-state index is -0.220. The summed E-state index contributed by atoms with van der Waals surface area (Å²) in [6.45, 7) is 6.70. The quantitative estimate of drug-likeness (QED) is 0.722. The van der Waals surface area contributed by atoms with Crippen LogP contribution in [0.25, 0.3) is 0 Å². The first-order valence-corrected chi connectivity index (χ1v) is 8.98. The van der Waals surface area contributed by atoms with E-state index in [4.69, 9.17) is 4.52 Å². The Labute approximate surface area is 148 Å². The van der Waals surface area contributed by atoms with Crippen molar-refractivity contribution in [3.63, 3.8) is 0 Å². The number of rotatable bonds is 8. The zero-order valence-corrected chi connectivity index (χ0v) is 14.9. The van der Waals surface area contributed by atoms with E-state index in [2.05, 4.69) is 45.0 Å². The second-order valence-corrected chi connectivity index (χ2v) is 6.45. The third-order valence-corrected chi connectivity index (χ3v) is 4.58. The third-order valence-electron chi connectivity index (χ3n) is 4.58. The van der Waals surface area contributed by atoms with E-state index in [1.807, 2.05) is 6.92 Å². The molecule has 0 bridgehead atoms. The highest BCUT2D eigenvalue weighted by Gasteiger charge is 2.19. The summed E-state index contributed by atoms with van der Waals surface area (Å²) in [4.78, 5) is 14.7. The topological polar surface area (TPSA) is 70.4 Å². The van der Waals surface area contributed by atoms with E-state index < -0.39 is 0 Å². The first-order valence-electron chi connectivity index (χ1n) is 8.98. The maximum absolute atomic E-state index is 12.3. The lowest BCUT2D eigenvalue weighted by Crippen LogP contribution is -2.41. The van der Waals surface area contributed by atoms with Crippen molar-refractivity contribution in [1.29, 1.82) is 0 Å². The minimum absolute atomic E-state index is 0.0673. The smallest absolute Gasteiger partial charge is 0.242 e. The molecule has 2 aromatic rings. The van der Waals surface area contributed by atoms with Crippen LogP contribution in [0.3, 0.4) is 0 Å². The first kappa shape index (κ1) is 17.5. The molecule has 134 valence electrons. The van der Waals surface area contributed by atoms with E-state index in [1.165, 1.54) is 11.3 Å². The highest BCUT2D eigenvalue weighted by atomic mass is 16.5. The molecule has 2 heterocycles. The Morgan fingerprint density at radius 3 is 3.00 bits per heavy atom. The molecular weight excluding hydrogens is 316 g/mol. The van der Waals surface area contributed by atoms with E-state index in [1.54, 1.807) is 13.0 Å². The summed E-state index contributed by atoms with van der Waals surface area (Å²) in [7, 11) is 0. The Balaban J connectivity index is 1.42. The van der Waals surface area contributed by atoms with Crippen LogP contribution in [-0.4, -0.2) is 36.7 Å². The maximum Gasteiger partial charge on any atom is 0.242 e. The van der Waals surface area contributed by atoms with Crippen molar-refractivity contribution >= 4 is 17.4 Å². The van der Waals surface area contributed by atoms with Gasteiger partial charge < -0.3 is 20.1 Å². The number of fused-ring (bicyclic) bond motifs is 1. The van der Waals surface area contributed by atoms with Gasteiger partial charge in [-0.2, -0.15) is 0 Å². The largest absolute Gasteiger partial charge is 0.371 e. The molecule has 0 unspecified atom stereocenters. The van der Waals surface area contributed by atoms with Gasteiger partial charge in [-0.05, 0) is 44.4 Å². The van der Waals surface area contributed by atoms with Crippen LogP contribution in [0.15, 0.2) is 34.9 Å². The highest BCUT2D eigenvalue weighted by molar-refractivity contribution is 5.93. The standard InChI is InChI=1S/C19H26N4O2/c1-3-16(19(24)21-18-13-14(2)25-22-18)20-10-6-11-23-12-9-15-7-4-5-8-17(15)23/h4-5,7-8,13,16,20H,3,6,9-12H2,1-2H3,(H,21,22,24)/t16-/m0/s1. The Kier molecular flexibility index (Phi) is 5.71. The Hall–Kier alpha value is -2.34. The first-order chi connectivity index (χ1) is 12.2. The molecule has 0 radical (unpaired) electrons. The molecule has 6 nitrogen and oxygen atoms in total. The van der Waals surface area contributed by atoms with Crippen LogP contribution in [0.5, 0.6) is 0 Å². The molecule has 25 heavy (non-hydrogen) atoms. The molecule has 0 fully saturated rings. The number of carbonyl (C=O) groups excluding carboxylic acids is 1. The fourth-order valence-electron chi connectivity index (χ4n) is 3.25. The lowest BCUT2D eigenvalue weighted by Gasteiger charge is -2.21. The van der Waals surface area contributed by atoms with Gasteiger partial charge in [0.25, 0.3) is 0 Å². The molecule has 1 atom stereocenters. The molecule has 1 aliphatic heterocycles. The van der Waals surface area contributed by atoms with Gasteiger partial charge in [-0.15, -0.1) is 0 Å². The number of benzene rings is 1. The average Bonchev–Trinajstić information content (AvgIpc) is 3.21. The normalized spacial score (nSPS) is 14.4. The molecule has 0 spiro atoms. The molecule has 1 aliphatic rings. The minimum Gasteiger partial charge on any atom is -0.371 e. The van der Waals surface area contributed by atoms with Crippen LogP contribution in [0, 0.1) is 6.92 Å². The fourth-order valence-corrected chi connectivity index (χ4v) is 3.25. The summed E-state index contributed by atoms with van der Waals surface area (Å²) in [5, 5.41) is 9.94. The molecule has 1 aromatic heterocycles. The van der Waals surface area contributed by atoms with E-state index >= 15 is 0 Å². The van der Waals surface area contributed by atoms with E-state index in [9.17, 15) is 4.79 Å². The summed E-state index contributed by atoms with van der Waals surface area (Å²) in [6.07, 6.45) is 2.86. The van der Waals surface area contributed by atoms with Gasteiger partial charge in [0.05, 0.1) is 6.04 Å². The number of para-hydroxylation sites is 1. The van der Waals surface area contributed by atoms with Crippen molar-refractivity contribution < 1.29 is 9.32 Å². The van der Waals surface area contributed by atoms with Crippen LogP contribution < -0.4 is 15.5 Å². The summed E-state index contributed by atoms with van der Waals surface area (Å²) in [6, 6.07) is 10.1. The van der Waals surface area contributed by atoms with Crippen LogP contribution in [0.4, 0.5) is 11.5 Å². The molecule has 6 heteroatoms. The van der Waals surface area contributed by atoms with Gasteiger partial charge >= 0.3 is 0 Å². The molecule has 0 aliphatic carbocycles. The van der Waals surface area contributed by atoms with Crippen molar-refractivity contribution in [2.75, 3.05) is 29.9 Å². The number of aromatic nitrogens is 1. The molecule has 1 amide bonds. The number of anilines is 2. The van der Waals surface area contributed by atoms with Crippen molar-refractivity contribution in [1.82, 2.24) is 10.5 Å². The zero-order valence-electron chi connectivity index (χ0n) is 14.9. The second kappa shape index (κ2) is 8.16. The number of amides is 1. The second-order valence-electron chi connectivity index (χ2n) is 6.45. The number of aryl methyl sites for hydroxylation is 1. The van der Waals surface area contributed by atoms with Gasteiger partial charge in [-0.25, -0.2) is 0 Å². The van der Waals surface area contributed by atoms with Gasteiger partial charge in [0.2, 0.25) is 5.91 Å². The summed E-state index contributed by atoms with van der Waals surface area (Å²) < 4.78 is 4.97. The highest BCUT2D eigenvalue weighted by Crippen LogP contribution is 2.27. The summed E-state index contributed by atoms with van der Waals surface area (Å²) in [5.74, 6) is 1.08. The molecule has 2 N–H and O–H groups in total. The van der Waals surface area contributed by atoms with Crippen LogP contribution in [0.1, 0.15) is 31.1 Å². The lowest BCUT2D eigenvalue weighted by molar-refractivity contribution is -0.118. The van der Waals surface area contributed by atoms with E-state index in [0.717, 1.165) is 38.9 Å². The van der Waals surface area contributed by atoms with Crippen LogP contribution >= 0.6 is 0 Å². The molecule has 3 rings (SSSR count). The van der Waals surface area contributed by atoms with Gasteiger partial charge in [-0.3, -0.25) is 4.79 Å². The average molecular weight is 342 g/mol. The summed E-state index contributed by atoms with van der Waals surface area (Å²) >= 11 is 0. The van der Waals surface area contributed by atoms with Crippen molar-refractivity contribution in [3.8, 4) is 0 Å². The fraction of sp³-hybridized carbons (Fsp3) is 0.474. The predicted molar refractivity (Wildman–Crippen MR) is 98.9 cm³/mol. The van der Waals surface area contributed by atoms with E-state index in [0.29, 0.717) is 11.6 Å². The van der Waals surface area contributed by atoms with E-state index in [-0.39, 0.29) is 11.9 Å². The SMILES string of the molecule is CC[C@H](NCCCN1CCc2ccccc21)C(=O)Nc1cc(C)on1. The molecular formula is C19H26N4O2. The number of nitrogens with one attached hydrogen (secondary N) is 2. The number of hydrogen-bond acceptors (Lipinski definition) is 5. The Morgan fingerprint density at radius 2 is 2.24 bits per heavy atom. The number of carbonyl (C=O) groups is 1. The molecule has 1 aromatic carbocycles. The van der Waals surface area contributed by atoms with Gasteiger partial charge in [0.1, 0.15) is 5.76 Å². The van der Waals surface area contributed by atoms with Crippen molar-refractivity contribution in [3.05, 3.63) is 41.7 Å². The Bertz CT molecular complexity index is 713. The number of hydrogen-bond donors (Lipinski definition) is 2. The zero-order chi connectivity index (χ0) is 17.6. The van der Waals surface area contributed by atoms with Gasteiger partial charge in [0.15, 0.2) is 5.82 Å². The molecule has 0 saturated carbocycles. The van der Waals surface area contributed by atoms with Gasteiger partial charge in [0, 0.05) is 24.8 Å². The molecule has 0 saturated heterocycles. The predicted octanol–water partition coefficient (Wildman–Crippen LogP) is 2.74. The summed E-state index contributed by atoms with van der Waals surface area (Å²) in [5.41, 5.74) is 2.79. The van der Waals surface area contributed by atoms with Crippen LogP contribution in [0.2, 0.25) is 0 Å². The maximum atomic E-state index is 12.3. The number of nitrogens with zero attached hydrogens (tertiary/aromatic N) is 2. The Morgan fingerprint density at radius 1 is 1.40 bits per heavy atom.